The lowest BCUT2D eigenvalue weighted by Gasteiger charge is -2.20. The van der Waals surface area contributed by atoms with Crippen molar-refractivity contribution in [3.8, 4) is 0 Å². The number of hydrogen-bond acceptors (Lipinski definition) is 3. The van der Waals surface area contributed by atoms with Gasteiger partial charge in [0.15, 0.2) is 11.6 Å². The summed E-state index contributed by atoms with van der Waals surface area (Å²) in [6.45, 7) is 1.85. The number of nitrogens with zero attached hydrogens (tertiary/aromatic N) is 1. The van der Waals surface area contributed by atoms with Gasteiger partial charge >= 0.3 is 0 Å². The van der Waals surface area contributed by atoms with Crippen molar-refractivity contribution in [1.29, 1.82) is 0 Å². The molecular weight excluding hydrogens is 276 g/mol. The van der Waals surface area contributed by atoms with Crippen LogP contribution in [0.5, 0.6) is 0 Å². The van der Waals surface area contributed by atoms with Crippen LogP contribution in [-0.2, 0) is 0 Å². The van der Waals surface area contributed by atoms with E-state index in [0.717, 1.165) is 17.7 Å². The largest absolute Gasteiger partial charge is 0.319 e. The SMILES string of the molecule is Cc1ccccc1N(C)C(=O)c1cc(F)c(NN)c(F)c1. The van der Waals surface area contributed by atoms with Crippen LogP contribution in [0.4, 0.5) is 20.2 Å². The molecule has 21 heavy (non-hydrogen) atoms. The van der Waals surface area contributed by atoms with Gasteiger partial charge in [-0.2, -0.15) is 0 Å². The zero-order valence-electron chi connectivity index (χ0n) is 11.7. The second-order valence-electron chi connectivity index (χ2n) is 4.61. The first-order valence-corrected chi connectivity index (χ1v) is 6.25. The van der Waals surface area contributed by atoms with Crippen molar-refractivity contribution >= 4 is 17.3 Å². The van der Waals surface area contributed by atoms with Gasteiger partial charge in [-0.1, -0.05) is 18.2 Å². The molecule has 0 spiro atoms. The molecule has 0 bridgehead atoms. The lowest BCUT2D eigenvalue weighted by molar-refractivity contribution is 0.0992. The molecule has 0 aliphatic carbocycles. The topological polar surface area (TPSA) is 58.4 Å². The van der Waals surface area contributed by atoms with Gasteiger partial charge in [-0.3, -0.25) is 10.6 Å². The summed E-state index contributed by atoms with van der Waals surface area (Å²) in [7, 11) is 1.55. The number of carbonyl (C=O) groups excluding carboxylic acids is 1. The molecule has 2 aromatic rings. The van der Waals surface area contributed by atoms with E-state index in [-0.39, 0.29) is 5.56 Å². The van der Waals surface area contributed by atoms with Crippen LogP contribution in [-0.4, -0.2) is 13.0 Å². The fourth-order valence-corrected chi connectivity index (χ4v) is 2.08. The molecule has 110 valence electrons. The summed E-state index contributed by atoms with van der Waals surface area (Å²) in [5.74, 6) is 2.68. The van der Waals surface area contributed by atoms with E-state index < -0.39 is 23.2 Å². The number of benzene rings is 2. The number of anilines is 2. The summed E-state index contributed by atoms with van der Waals surface area (Å²) in [4.78, 5) is 13.7. The molecule has 0 radical (unpaired) electrons. The van der Waals surface area contributed by atoms with Gasteiger partial charge in [0, 0.05) is 18.3 Å². The minimum absolute atomic E-state index is 0.0882. The molecule has 0 heterocycles. The summed E-state index contributed by atoms with van der Waals surface area (Å²) in [6, 6.07) is 9.15. The molecule has 0 aromatic heterocycles. The van der Waals surface area contributed by atoms with E-state index in [1.54, 1.807) is 19.2 Å². The molecule has 0 aliphatic rings. The van der Waals surface area contributed by atoms with Gasteiger partial charge in [0.05, 0.1) is 0 Å². The zero-order chi connectivity index (χ0) is 15.6. The van der Waals surface area contributed by atoms with Gasteiger partial charge in [-0.15, -0.1) is 0 Å². The van der Waals surface area contributed by atoms with Crippen molar-refractivity contribution in [2.24, 2.45) is 5.84 Å². The molecule has 0 saturated carbocycles. The third-order valence-corrected chi connectivity index (χ3v) is 3.21. The summed E-state index contributed by atoms with van der Waals surface area (Å²) in [6.07, 6.45) is 0. The van der Waals surface area contributed by atoms with Crippen LogP contribution in [0.3, 0.4) is 0 Å². The summed E-state index contributed by atoms with van der Waals surface area (Å²) in [5.41, 5.74) is 2.92. The molecule has 0 aliphatic heterocycles. The lowest BCUT2D eigenvalue weighted by Crippen LogP contribution is -2.27. The van der Waals surface area contributed by atoms with Crippen molar-refractivity contribution in [2.45, 2.75) is 6.92 Å². The van der Waals surface area contributed by atoms with Crippen LogP contribution >= 0.6 is 0 Å². The average molecular weight is 291 g/mol. The molecule has 0 fully saturated rings. The van der Waals surface area contributed by atoms with E-state index in [2.05, 4.69) is 0 Å². The van der Waals surface area contributed by atoms with E-state index in [1.165, 1.54) is 4.90 Å². The highest BCUT2D eigenvalue weighted by atomic mass is 19.1. The predicted octanol–water partition coefficient (Wildman–Crippen LogP) is 2.84. The predicted molar refractivity (Wildman–Crippen MR) is 78.1 cm³/mol. The van der Waals surface area contributed by atoms with E-state index >= 15 is 0 Å². The Bertz CT molecular complexity index is 665. The first-order chi connectivity index (χ1) is 9.95. The highest BCUT2D eigenvalue weighted by molar-refractivity contribution is 6.06. The number of carbonyl (C=O) groups is 1. The van der Waals surface area contributed by atoms with Crippen LogP contribution in [0.25, 0.3) is 0 Å². The number of hydrazine groups is 1. The number of nitrogens with two attached hydrogens (primary N) is 1. The molecule has 3 N–H and O–H groups in total. The second-order valence-corrected chi connectivity index (χ2v) is 4.61. The maximum atomic E-state index is 13.7. The van der Waals surface area contributed by atoms with E-state index in [9.17, 15) is 13.6 Å². The van der Waals surface area contributed by atoms with Crippen LogP contribution < -0.4 is 16.2 Å². The lowest BCUT2D eigenvalue weighted by atomic mass is 10.1. The highest BCUT2D eigenvalue weighted by Gasteiger charge is 2.19. The molecule has 0 atom stereocenters. The summed E-state index contributed by atoms with van der Waals surface area (Å²) < 4.78 is 27.3. The third kappa shape index (κ3) is 2.85. The Labute approximate surface area is 121 Å². The Morgan fingerprint density at radius 2 is 1.76 bits per heavy atom. The van der Waals surface area contributed by atoms with Gasteiger partial charge < -0.3 is 10.3 Å². The molecule has 0 unspecified atom stereocenters. The van der Waals surface area contributed by atoms with Crippen molar-refractivity contribution < 1.29 is 13.6 Å². The summed E-state index contributed by atoms with van der Waals surface area (Å²) in [5, 5.41) is 0. The summed E-state index contributed by atoms with van der Waals surface area (Å²) >= 11 is 0. The fraction of sp³-hybridized carbons (Fsp3) is 0.133. The Morgan fingerprint density at radius 1 is 1.19 bits per heavy atom. The number of rotatable bonds is 3. The van der Waals surface area contributed by atoms with Gasteiger partial charge in [-0.05, 0) is 30.7 Å². The van der Waals surface area contributed by atoms with Crippen molar-refractivity contribution in [2.75, 3.05) is 17.4 Å². The average Bonchev–Trinajstić information content (AvgIpc) is 2.46. The minimum Gasteiger partial charge on any atom is -0.319 e. The molecule has 2 rings (SSSR count). The monoisotopic (exact) mass is 291 g/mol. The van der Waals surface area contributed by atoms with Crippen LogP contribution in [0.15, 0.2) is 36.4 Å². The number of nitrogen functional groups attached to an aromatic ring is 1. The number of aryl methyl sites for hydroxylation is 1. The molecule has 0 saturated heterocycles. The van der Waals surface area contributed by atoms with Crippen molar-refractivity contribution in [3.63, 3.8) is 0 Å². The minimum atomic E-state index is -0.918. The maximum Gasteiger partial charge on any atom is 0.258 e. The highest BCUT2D eigenvalue weighted by Crippen LogP contribution is 2.23. The first-order valence-electron chi connectivity index (χ1n) is 6.25. The van der Waals surface area contributed by atoms with E-state index in [1.807, 2.05) is 24.5 Å². The Balaban J connectivity index is 2.39. The normalized spacial score (nSPS) is 10.3. The number of nitrogens with one attached hydrogen (secondary N) is 1. The Hall–Kier alpha value is -2.47. The number of halogens is 2. The van der Waals surface area contributed by atoms with Gasteiger partial charge in [0.1, 0.15) is 5.69 Å². The first kappa shape index (κ1) is 14.9. The van der Waals surface area contributed by atoms with Gasteiger partial charge in [0.2, 0.25) is 0 Å². The number of hydrogen-bond donors (Lipinski definition) is 2. The molecule has 6 heteroatoms. The smallest absolute Gasteiger partial charge is 0.258 e. The molecule has 2 aromatic carbocycles. The van der Waals surface area contributed by atoms with E-state index in [4.69, 9.17) is 5.84 Å². The van der Waals surface area contributed by atoms with Crippen molar-refractivity contribution in [3.05, 3.63) is 59.2 Å². The quantitative estimate of drug-likeness (QED) is 0.675. The van der Waals surface area contributed by atoms with Crippen LogP contribution in [0, 0.1) is 18.6 Å². The second kappa shape index (κ2) is 5.88. The Morgan fingerprint density at radius 3 is 2.29 bits per heavy atom. The number of amides is 1. The Kier molecular flexibility index (Phi) is 4.18. The maximum absolute atomic E-state index is 13.7. The van der Waals surface area contributed by atoms with Crippen LogP contribution in [0.2, 0.25) is 0 Å². The van der Waals surface area contributed by atoms with E-state index in [0.29, 0.717) is 5.69 Å². The zero-order valence-corrected chi connectivity index (χ0v) is 11.7. The van der Waals surface area contributed by atoms with Gasteiger partial charge in [-0.25, -0.2) is 8.78 Å². The van der Waals surface area contributed by atoms with Gasteiger partial charge in [0.25, 0.3) is 5.91 Å². The number of para-hydroxylation sites is 1. The standard InChI is InChI=1S/C15H15F2N3O/c1-9-5-3-4-6-13(9)20(2)15(21)10-7-11(16)14(19-18)12(17)8-10/h3-8,19H,18H2,1-2H3. The molecular formula is C15H15F2N3O. The van der Waals surface area contributed by atoms with Crippen LogP contribution in [0.1, 0.15) is 15.9 Å². The molecule has 4 nitrogen and oxygen atoms in total. The molecule has 1 amide bonds. The fourth-order valence-electron chi connectivity index (χ4n) is 2.08. The van der Waals surface area contributed by atoms with Crippen molar-refractivity contribution in [1.82, 2.24) is 0 Å². The third-order valence-electron chi connectivity index (χ3n) is 3.21.